The van der Waals surface area contributed by atoms with Gasteiger partial charge in [0, 0.05) is 19.1 Å². The first-order chi connectivity index (χ1) is 10.2. The molecule has 1 N–H and O–H groups in total. The van der Waals surface area contributed by atoms with E-state index in [4.69, 9.17) is 4.74 Å². The quantitative estimate of drug-likeness (QED) is 0.715. The minimum Gasteiger partial charge on any atom is -0.463 e. The fourth-order valence-electron chi connectivity index (χ4n) is 1.92. The highest BCUT2D eigenvalue weighted by Gasteiger charge is 2.17. The molecule has 1 unspecified atom stereocenters. The highest BCUT2D eigenvalue weighted by molar-refractivity contribution is 5.39. The number of aromatic nitrogens is 3. The molecule has 0 radical (unpaired) electrons. The van der Waals surface area contributed by atoms with E-state index >= 15 is 0 Å². The summed E-state index contributed by atoms with van der Waals surface area (Å²) in [4.78, 5) is 15.5. The second kappa shape index (κ2) is 9.37. The van der Waals surface area contributed by atoms with Gasteiger partial charge >= 0.3 is 6.01 Å². The van der Waals surface area contributed by atoms with Crippen molar-refractivity contribution in [1.29, 1.82) is 0 Å². The molecule has 1 rings (SSSR count). The fraction of sp³-hybridized carbons (Fsp3) is 0.800. The lowest BCUT2D eigenvalue weighted by atomic mass is 10.2. The van der Waals surface area contributed by atoms with Crippen molar-refractivity contribution < 1.29 is 4.74 Å². The van der Waals surface area contributed by atoms with Crippen molar-refractivity contribution >= 4 is 11.9 Å². The molecule has 0 aliphatic carbocycles. The Balaban J connectivity index is 3.03. The third kappa shape index (κ3) is 5.36. The predicted molar refractivity (Wildman–Crippen MR) is 87.2 cm³/mol. The maximum Gasteiger partial charge on any atom is 0.323 e. The first-order valence-corrected chi connectivity index (χ1v) is 8.05. The summed E-state index contributed by atoms with van der Waals surface area (Å²) in [5.74, 6) is 1.28. The topological polar surface area (TPSA) is 63.2 Å². The molecule has 0 spiro atoms. The van der Waals surface area contributed by atoms with Gasteiger partial charge in [-0.1, -0.05) is 20.8 Å². The zero-order valence-electron chi connectivity index (χ0n) is 14.0. The zero-order valence-corrected chi connectivity index (χ0v) is 14.0. The molecule has 0 bridgehead atoms. The third-order valence-corrected chi connectivity index (χ3v) is 3.29. The first-order valence-electron chi connectivity index (χ1n) is 8.05. The molecule has 1 heterocycles. The Hall–Kier alpha value is -1.59. The minimum atomic E-state index is 0.385. The number of hydrogen-bond acceptors (Lipinski definition) is 6. The van der Waals surface area contributed by atoms with Crippen LogP contribution in [0, 0.1) is 0 Å². The summed E-state index contributed by atoms with van der Waals surface area (Å²) >= 11 is 0. The standard InChI is InChI=1S/C15H29N5O/c1-6-10-16-13-17-14(20(9-4)12(5)8-3)19-15(18-13)21-11-7-2/h12H,6-11H2,1-5H3,(H,16,17,18,19). The van der Waals surface area contributed by atoms with Crippen LogP contribution in [0.5, 0.6) is 6.01 Å². The number of anilines is 2. The van der Waals surface area contributed by atoms with E-state index in [9.17, 15) is 0 Å². The Morgan fingerprint density at radius 3 is 2.43 bits per heavy atom. The smallest absolute Gasteiger partial charge is 0.323 e. The number of rotatable bonds is 10. The van der Waals surface area contributed by atoms with Gasteiger partial charge in [-0.2, -0.15) is 15.0 Å². The lowest BCUT2D eigenvalue weighted by molar-refractivity contribution is 0.291. The Bertz CT molecular complexity index is 387. The Kier molecular flexibility index (Phi) is 7.79. The predicted octanol–water partition coefficient (Wildman–Crippen LogP) is 3.11. The molecule has 1 aromatic heterocycles. The molecule has 1 atom stereocenters. The molecule has 0 saturated heterocycles. The first kappa shape index (κ1) is 17.5. The van der Waals surface area contributed by atoms with Crippen LogP contribution in [0.1, 0.15) is 53.9 Å². The van der Waals surface area contributed by atoms with E-state index in [1.165, 1.54) is 0 Å². The van der Waals surface area contributed by atoms with E-state index in [2.05, 4.69) is 59.8 Å². The molecule has 0 fully saturated rings. The summed E-state index contributed by atoms with van der Waals surface area (Å²) in [7, 11) is 0. The highest BCUT2D eigenvalue weighted by Crippen LogP contribution is 2.18. The van der Waals surface area contributed by atoms with Crippen LogP contribution in [0.25, 0.3) is 0 Å². The van der Waals surface area contributed by atoms with E-state index in [0.29, 0.717) is 30.6 Å². The minimum absolute atomic E-state index is 0.385. The van der Waals surface area contributed by atoms with Gasteiger partial charge in [0.2, 0.25) is 11.9 Å². The van der Waals surface area contributed by atoms with Crippen molar-refractivity contribution in [3.8, 4) is 6.01 Å². The molecule has 0 amide bonds. The van der Waals surface area contributed by atoms with Crippen molar-refractivity contribution in [3.63, 3.8) is 0 Å². The summed E-state index contributed by atoms with van der Waals surface area (Å²) < 4.78 is 5.60. The summed E-state index contributed by atoms with van der Waals surface area (Å²) in [6, 6.07) is 0.789. The Morgan fingerprint density at radius 2 is 1.86 bits per heavy atom. The van der Waals surface area contributed by atoms with Crippen LogP contribution in [0.4, 0.5) is 11.9 Å². The molecule has 1 aromatic rings. The molecule has 21 heavy (non-hydrogen) atoms. The van der Waals surface area contributed by atoms with Crippen LogP contribution in [0.3, 0.4) is 0 Å². The second-order valence-corrected chi connectivity index (χ2v) is 5.06. The van der Waals surface area contributed by atoms with E-state index in [0.717, 1.165) is 32.4 Å². The number of ether oxygens (including phenoxy) is 1. The summed E-state index contributed by atoms with van der Waals surface area (Å²) in [6.45, 7) is 13.0. The van der Waals surface area contributed by atoms with Crippen LogP contribution in [-0.2, 0) is 0 Å². The highest BCUT2D eigenvalue weighted by atomic mass is 16.5. The number of nitrogens with one attached hydrogen (secondary N) is 1. The van der Waals surface area contributed by atoms with Gasteiger partial charge in [0.05, 0.1) is 6.61 Å². The molecule has 6 heteroatoms. The van der Waals surface area contributed by atoms with E-state index in [-0.39, 0.29) is 0 Å². The zero-order chi connectivity index (χ0) is 15.7. The largest absolute Gasteiger partial charge is 0.463 e. The normalized spacial score (nSPS) is 12.0. The van der Waals surface area contributed by atoms with Crippen LogP contribution in [-0.4, -0.2) is 40.7 Å². The van der Waals surface area contributed by atoms with Crippen molar-refractivity contribution in [2.75, 3.05) is 29.9 Å². The lowest BCUT2D eigenvalue weighted by Crippen LogP contribution is -2.34. The molecular weight excluding hydrogens is 266 g/mol. The average molecular weight is 295 g/mol. The van der Waals surface area contributed by atoms with Gasteiger partial charge in [-0.05, 0) is 33.1 Å². The molecule has 0 aliphatic rings. The van der Waals surface area contributed by atoms with Gasteiger partial charge in [-0.15, -0.1) is 0 Å². The summed E-state index contributed by atoms with van der Waals surface area (Å²) in [5, 5.41) is 3.22. The summed E-state index contributed by atoms with van der Waals surface area (Å²) in [5.41, 5.74) is 0. The number of hydrogen-bond donors (Lipinski definition) is 1. The second-order valence-electron chi connectivity index (χ2n) is 5.06. The van der Waals surface area contributed by atoms with Gasteiger partial charge in [-0.3, -0.25) is 0 Å². The van der Waals surface area contributed by atoms with Crippen LogP contribution in [0.2, 0.25) is 0 Å². The third-order valence-electron chi connectivity index (χ3n) is 3.29. The maximum atomic E-state index is 5.60. The van der Waals surface area contributed by atoms with Crippen LogP contribution in [0.15, 0.2) is 0 Å². The van der Waals surface area contributed by atoms with E-state index in [1.807, 2.05) is 0 Å². The average Bonchev–Trinajstić information content (AvgIpc) is 2.51. The molecule has 0 aliphatic heterocycles. The number of nitrogens with zero attached hydrogens (tertiary/aromatic N) is 4. The van der Waals surface area contributed by atoms with Gasteiger partial charge in [0.25, 0.3) is 0 Å². The SMILES string of the molecule is CCCNc1nc(OCCC)nc(N(CC)C(C)CC)n1. The van der Waals surface area contributed by atoms with Crippen molar-refractivity contribution in [3.05, 3.63) is 0 Å². The van der Waals surface area contributed by atoms with Crippen molar-refractivity contribution in [2.24, 2.45) is 0 Å². The van der Waals surface area contributed by atoms with Crippen molar-refractivity contribution in [2.45, 2.75) is 59.9 Å². The fourth-order valence-corrected chi connectivity index (χ4v) is 1.92. The van der Waals surface area contributed by atoms with Gasteiger partial charge in [0.15, 0.2) is 0 Å². The summed E-state index contributed by atoms with van der Waals surface area (Å²) in [6.07, 6.45) is 3.00. The molecule has 120 valence electrons. The van der Waals surface area contributed by atoms with Crippen LogP contribution < -0.4 is 15.0 Å². The monoisotopic (exact) mass is 295 g/mol. The molecule has 0 saturated carbocycles. The lowest BCUT2D eigenvalue weighted by Gasteiger charge is -2.27. The molecule has 6 nitrogen and oxygen atoms in total. The van der Waals surface area contributed by atoms with Gasteiger partial charge in [0.1, 0.15) is 0 Å². The Morgan fingerprint density at radius 1 is 1.10 bits per heavy atom. The molecule has 0 aromatic carbocycles. The maximum absolute atomic E-state index is 5.60. The van der Waals surface area contributed by atoms with Crippen LogP contribution >= 0.6 is 0 Å². The van der Waals surface area contributed by atoms with Crippen molar-refractivity contribution in [1.82, 2.24) is 15.0 Å². The van der Waals surface area contributed by atoms with E-state index in [1.54, 1.807) is 0 Å². The van der Waals surface area contributed by atoms with E-state index < -0.39 is 0 Å². The molecular formula is C15H29N5O. The van der Waals surface area contributed by atoms with Gasteiger partial charge in [-0.25, -0.2) is 0 Å². The Labute approximate surface area is 128 Å². The van der Waals surface area contributed by atoms with Gasteiger partial charge < -0.3 is 15.0 Å².